The van der Waals surface area contributed by atoms with Crippen LogP contribution in [-0.2, 0) is 14.3 Å². The first kappa shape index (κ1) is 23.1. The molecule has 0 spiro atoms. The van der Waals surface area contributed by atoms with E-state index in [-0.39, 0.29) is 12.5 Å². The lowest BCUT2D eigenvalue weighted by atomic mass is 10.0. The molecule has 1 heterocycles. The molecule has 1 aliphatic heterocycles. The molecular weight excluding hydrogens is 354 g/mol. The molecule has 8 N–H and O–H groups in total. The molecule has 26 heavy (non-hydrogen) atoms. The van der Waals surface area contributed by atoms with Gasteiger partial charge in [-0.3, -0.25) is 4.79 Å². The maximum Gasteiger partial charge on any atom is 0.251 e. The van der Waals surface area contributed by atoms with Crippen LogP contribution < -0.4 is 5.32 Å². The van der Waals surface area contributed by atoms with Gasteiger partial charge in [-0.15, -0.1) is 0 Å². The van der Waals surface area contributed by atoms with Gasteiger partial charge >= 0.3 is 0 Å². The third-order valence-corrected chi connectivity index (χ3v) is 3.93. The molecule has 0 aromatic heterocycles. The summed E-state index contributed by atoms with van der Waals surface area (Å²) in [6, 6.07) is -0.318. The lowest BCUT2D eigenvalue weighted by Crippen LogP contribution is -2.57. The maximum atomic E-state index is 11.8. The fourth-order valence-electron chi connectivity index (χ4n) is 2.51. The molecule has 0 bridgehead atoms. The highest BCUT2D eigenvalue weighted by Crippen LogP contribution is 2.24. The molecule has 0 saturated carbocycles. The Morgan fingerprint density at radius 1 is 1.19 bits per heavy atom. The molecule has 154 valence electrons. The summed E-state index contributed by atoms with van der Waals surface area (Å²) in [5.74, 6) is -0.917. The summed E-state index contributed by atoms with van der Waals surface area (Å²) in [6.45, 7) is 1.85. The SMILES string of the molecule is CC(C)NC(=O)[C@@H](O)[C@H](O)[C@@H](O[C@H]1O[C@@H](CO)[C@@H](O)C[C@@H]1O)[C@@H](O)CO. The van der Waals surface area contributed by atoms with Gasteiger partial charge in [0.1, 0.15) is 30.5 Å². The van der Waals surface area contributed by atoms with E-state index in [0.29, 0.717) is 0 Å². The zero-order valence-electron chi connectivity index (χ0n) is 14.7. The highest BCUT2D eigenvalue weighted by Gasteiger charge is 2.43. The van der Waals surface area contributed by atoms with Crippen LogP contribution in [0.15, 0.2) is 0 Å². The number of amides is 1. The van der Waals surface area contributed by atoms with Crippen molar-refractivity contribution in [1.29, 1.82) is 0 Å². The highest BCUT2D eigenvalue weighted by molar-refractivity contribution is 5.81. The largest absolute Gasteiger partial charge is 0.394 e. The first-order chi connectivity index (χ1) is 12.1. The van der Waals surface area contributed by atoms with Crippen molar-refractivity contribution in [3.05, 3.63) is 0 Å². The highest BCUT2D eigenvalue weighted by atomic mass is 16.7. The van der Waals surface area contributed by atoms with Gasteiger partial charge in [0.05, 0.1) is 19.3 Å². The summed E-state index contributed by atoms with van der Waals surface area (Å²) in [6.07, 6.45) is -12.6. The normalized spacial score (nSPS) is 31.3. The van der Waals surface area contributed by atoms with Crippen LogP contribution in [0.25, 0.3) is 0 Å². The summed E-state index contributed by atoms with van der Waals surface area (Å²) >= 11 is 0. The zero-order valence-corrected chi connectivity index (χ0v) is 14.7. The van der Waals surface area contributed by atoms with Crippen molar-refractivity contribution in [2.45, 2.75) is 75.3 Å². The van der Waals surface area contributed by atoms with Gasteiger partial charge in [-0.05, 0) is 13.8 Å². The predicted molar refractivity (Wildman–Crippen MR) is 85.6 cm³/mol. The Balaban J connectivity index is 2.87. The minimum absolute atomic E-state index is 0.204. The number of aliphatic hydroxyl groups excluding tert-OH is 7. The standard InChI is InChI=1S/C15H29NO10/c1-6(2)16-14(24)12(23)11(22)13(9(21)4-17)26-15-8(20)3-7(19)10(5-18)25-15/h6-13,15,17-23H,3-5H2,1-2H3,(H,16,24)/t7-,8-,9-,10-,11-,12-,13-,15+/m0/s1. The fourth-order valence-corrected chi connectivity index (χ4v) is 2.51. The molecule has 1 fully saturated rings. The van der Waals surface area contributed by atoms with Crippen LogP contribution in [-0.4, -0.2) is 110 Å². The van der Waals surface area contributed by atoms with Crippen LogP contribution in [0.1, 0.15) is 20.3 Å². The zero-order chi connectivity index (χ0) is 20.0. The fraction of sp³-hybridized carbons (Fsp3) is 0.933. The first-order valence-electron chi connectivity index (χ1n) is 8.35. The van der Waals surface area contributed by atoms with E-state index >= 15 is 0 Å². The Hall–Kier alpha value is -0.890. The molecule has 1 rings (SSSR count). The summed E-state index contributed by atoms with van der Waals surface area (Å²) < 4.78 is 10.5. The van der Waals surface area contributed by atoms with Gasteiger partial charge in [0.15, 0.2) is 12.4 Å². The number of carbonyl (C=O) groups is 1. The third-order valence-electron chi connectivity index (χ3n) is 3.93. The van der Waals surface area contributed by atoms with Gasteiger partial charge in [0.2, 0.25) is 0 Å². The molecule has 11 nitrogen and oxygen atoms in total. The van der Waals surface area contributed by atoms with Crippen molar-refractivity contribution in [2.75, 3.05) is 13.2 Å². The van der Waals surface area contributed by atoms with E-state index in [1.165, 1.54) is 0 Å². The van der Waals surface area contributed by atoms with Gasteiger partial charge in [0, 0.05) is 12.5 Å². The van der Waals surface area contributed by atoms with Crippen LogP contribution in [0, 0.1) is 0 Å². The second-order valence-electron chi connectivity index (χ2n) is 6.55. The smallest absolute Gasteiger partial charge is 0.251 e. The third kappa shape index (κ3) is 6.08. The van der Waals surface area contributed by atoms with Gasteiger partial charge in [-0.2, -0.15) is 0 Å². The van der Waals surface area contributed by atoms with Crippen LogP contribution in [0.3, 0.4) is 0 Å². The van der Waals surface area contributed by atoms with Gasteiger partial charge < -0.3 is 50.5 Å². The van der Waals surface area contributed by atoms with Crippen molar-refractivity contribution in [3.63, 3.8) is 0 Å². The second-order valence-corrected chi connectivity index (χ2v) is 6.55. The van der Waals surface area contributed by atoms with Crippen molar-refractivity contribution >= 4 is 5.91 Å². The number of carbonyl (C=O) groups excluding carboxylic acids is 1. The molecule has 8 atom stereocenters. The molecule has 1 saturated heterocycles. The number of rotatable bonds is 9. The molecular formula is C15H29NO10. The average Bonchev–Trinajstić information content (AvgIpc) is 2.58. The Labute approximate surface area is 150 Å². The average molecular weight is 383 g/mol. The quantitative estimate of drug-likeness (QED) is 0.194. The monoisotopic (exact) mass is 383 g/mol. The van der Waals surface area contributed by atoms with Crippen LogP contribution in [0.5, 0.6) is 0 Å². The number of hydrogen-bond donors (Lipinski definition) is 8. The summed E-state index contributed by atoms with van der Waals surface area (Å²) in [7, 11) is 0. The molecule has 0 aromatic carbocycles. The van der Waals surface area contributed by atoms with E-state index in [1.807, 2.05) is 0 Å². The Morgan fingerprint density at radius 2 is 1.81 bits per heavy atom. The van der Waals surface area contributed by atoms with Crippen LogP contribution >= 0.6 is 0 Å². The van der Waals surface area contributed by atoms with Gasteiger partial charge in [0.25, 0.3) is 5.91 Å². The van der Waals surface area contributed by atoms with Gasteiger partial charge in [-0.1, -0.05) is 0 Å². The summed E-state index contributed by atoms with van der Waals surface area (Å²) in [5.41, 5.74) is 0. The van der Waals surface area contributed by atoms with Gasteiger partial charge in [-0.25, -0.2) is 0 Å². The number of nitrogens with one attached hydrogen (secondary N) is 1. The summed E-state index contributed by atoms with van der Waals surface area (Å²) in [4.78, 5) is 11.8. The molecule has 11 heteroatoms. The molecule has 0 aliphatic carbocycles. The number of ether oxygens (including phenoxy) is 2. The summed E-state index contributed by atoms with van der Waals surface area (Å²) in [5, 5.41) is 70.3. The van der Waals surface area contributed by atoms with Crippen molar-refractivity contribution in [3.8, 4) is 0 Å². The number of aliphatic hydroxyl groups is 7. The first-order valence-corrected chi connectivity index (χ1v) is 8.35. The predicted octanol–water partition coefficient (Wildman–Crippen LogP) is -4.20. The van der Waals surface area contributed by atoms with E-state index in [2.05, 4.69) is 5.32 Å². The second kappa shape index (κ2) is 10.4. The topological polar surface area (TPSA) is 189 Å². The van der Waals surface area contributed by atoms with E-state index < -0.39 is 68.1 Å². The van der Waals surface area contributed by atoms with Crippen LogP contribution in [0.4, 0.5) is 0 Å². The Morgan fingerprint density at radius 3 is 2.31 bits per heavy atom. The molecule has 0 unspecified atom stereocenters. The lowest BCUT2D eigenvalue weighted by molar-refractivity contribution is -0.304. The number of hydrogen-bond acceptors (Lipinski definition) is 10. The minimum atomic E-state index is -1.98. The lowest BCUT2D eigenvalue weighted by Gasteiger charge is -2.39. The van der Waals surface area contributed by atoms with Crippen molar-refractivity contribution < 1.29 is 50.0 Å². The van der Waals surface area contributed by atoms with Crippen molar-refractivity contribution in [1.82, 2.24) is 5.32 Å². The molecule has 1 amide bonds. The maximum absolute atomic E-state index is 11.8. The van der Waals surface area contributed by atoms with E-state index in [1.54, 1.807) is 13.8 Å². The van der Waals surface area contributed by atoms with Crippen LogP contribution in [0.2, 0.25) is 0 Å². The van der Waals surface area contributed by atoms with E-state index in [9.17, 15) is 30.3 Å². The van der Waals surface area contributed by atoms with E-state index in [4.69, 9.17) is 19.7 Å². The molecule has 0 aromatic rings. The Bertz CT molecular complexity index is 437. The molecule has 1 aliphatic rings. The molecule has 0 radical (unpaired) electrons. The minimum Gasteiger partial charge on any atom is -0.394 e. The van der Waals surface area contributed by atoms with E-state index in [0.717, 1.165) is 0 Å². The Kier molecular flexibility index (Phi) is 9.30. The van der Waals surface area contributed by atoms with Crippen molar-refractivity contribution in [2.24, 2.45) is 0 Å².